The molecule has 7 heteroatoms. The van der Waals surface area contributed by atoms with Crippen LogP contribution in [0.1, 0.15) is 252 Å². The first kappa shape index (κ1) is 54.8. The molecule has 58 heavy (non-hydrogen) atoms. The van der Waals surface area contributed by atoms with Gasteiger partial charge in [0.2, 0.25) is 0 Å². The lowest BCUT2D eigenvalue weighted by molar-refractivity contribution is -0.145. The predicted molar refractivity (Wildman–Crippen MR) is 248 cm³/mol. The van der Waals surface area contributed by atoms with Crippen molar-refractivity contribution < 1.29 is 24.2 Å². The van der Waals surface area contributed by atoms with E-state index in [1.54, 1.807) is 0 Å². The smallest absolute Gasteiger partial charge is 0.305 e. The second kappa shape index (κ2) is 42.5. The van der Waals surface area contributed by atoms with Crippen LogP contribution in [0.5, 0.6) is 0 Å². The number of rotatable bonds is 44. The van der Waals surface area contributed by atoms with Crippen molar-refractivity contribution in [2.45, 2.75) is 258 Å². The van der Waals surface area contributed by atoms with Gasteiger partial charge < -0.3 is 19.5 Å². The van der Waals surface area contributed by atoms with Gasteiger partial charge in [0.15, 0.2) is 0 Å². The molecule has 0 atom stereocenters. The highest BCUT2D eigenvalue weighted by Gasteiger charge is 2.21. The first-order chi connectivity index (χ1) is 28.5. The minimum absolute atomic E-state index is 0.00781. The van der Waals surface area contributed by atoms with Crippen LogP contribution in [0.4, 0.5) is 0 Å². The standard InChI is InChI=1S/C51H100N2O5/c1-4-7-10-13-16-17-18-21-33-46-57-50(55)38-29-23-31-40-52(42-43-53(44-45-54)49-36-27-22-28-37-49)41-32-24-30-39-51(56)58-47-48(34-25-19-14-11-8-5-2)35-26-20-15-12-9-6-3/h48-49,54H,4-47H2,1-3H3. The first-order valence-electron chi connectivity index (χ1n) is 25.9. The minimum Gasteiger partial charge on any atom is -0.466 e. The van der Waals surface area contributed by atoms with Crippen LogP contribution in [0.15, 0.2) is 0 Å². The SMILES string of the molecule is CCCCCCCCCCCOC(=O)CCCCCN(CCCCCC(=O)OCC(CCCCCCCC)CCCCCCCC)CCN(CCO)C1CCCCC1. The van der Waals surface area contributed by atoms with E-state index in [-0.39, 0.29) is 18.5 Å². The van der Waals surface area contributed by atoms with Crippen LogP contribution in [0.3, 0.4) is 0 Å². The lowest BCUT2D eigenvalue weighted by Crippen LogP contribution is -2.43. The fourth-order valence-electron chi connectivity index (χ4n) is 8.91. The van der Waals surface area contributed by atoms with E-state index < -0.39 is 0 Å². The van der Waals surface area contributed by atoms with Crippen molar-refractivity contribution >= 4 is 11.9 Å². The summed E-state index contributed by atoms with van der Waals surface area (Å²) in [6.07, 6.45) is 43.2. The van der Waals surface area contributed by atoms with E-state index in [0.29, 0.717) is 38.0 Å². The van der Waals surface area contributed by atoms with E-state index in [1.165, 1.54) is 167 Å². The highest BCUT2D eigenvalue weighted by Crippen LogP contribution is 2.23. The van der Waals surface area contributed by atoms with Gasteiger partial charge >= 0.3 is 11.9 Å². The maximum absolute atomic E-state index is 12.8. The fourth-order valence-corrected chi connectivity index (χ4v) is 8.91. The summed E-state index contributed by atoms with van der Waals surface area (Å²) in [5, 5.41) is 9.84. The topological polar surface area (TPSA) is 79.3 Å². The Hall–Kier alpha value is -1.18. The van der Waals surface area contributed by atoms with Crippen molar-refractivity contribution in [2.24, 2.45) is 5.92 Å². The third-order valence-electron chi connectivity index (χ3n) is 12.8. The number of carbonyl (C=O) groups is 2. The molecule has 0 aliphatic heterocycles. The van der Waals surface area contributed by atoms with Crippen LogP contribution in [0.2, 0.25) is 0 Å². The number of unbranched alkanes of at least 4 members (excludes halogenated alkanes) is 22. The fraction of sp³-hybridized carbons (Fsp3) is 0.961. The van der Waals surface area contributed by atoms with Gasteiger partial charge in [0.1, 0.15) is 0 Å². The molecular formula is C51H100N2O5. The molecule has 0 amide bonds. The molecule has 1 N–H and O–H groups in total. The lowest BCUT2D eigenvalue weighted by atomic mass is 9.94. The zero-order valence-corrected chi connectivity index (χ0v) is 39.2. The van der Waals surface area contributed by atoms with Gasteiger partial charge in [-0.2, -0.15) is 0 Å². The molecule has 1 aliphatic rings. The van der Waals surface area contributed by atoms with Gasteiger partial charge in [-0.25, -0.2) is 0 Å². The third kappa shape index (κ3) is 34.5. The van der Waals surface area contributed by atoms with Crippen LogP contribution in [-0.2, 0) is 19.1 Å². The van der Waals surface area contributed by atoms with Gasteiger partial charge in [-0.1, -0.05) is 181 Å². The average molecular weight is 821 g/mol. The summed E-state index contributed by atoms with van der Waals surface area (Å²) in [5.41, 5.74) is 0. The van der Waals surface area contributed by atoms with Crippen molar-refractivity contribution in [1.82, 2.24) is 9.80 Å². The highest BCUT2D eigenvalue weighted by molar-refractivity contribution is 5.69. The van der Waals surface area contributed by atoms with Crippen LogP contribution in [0, 0.1) is 5.92 Å². The quantitative estimate of drug-likeness (QED) is 0.0484. The van der Waals surface area contributed by atoms with Gasteiger partial charge in [0.05, 0.1) is 19.8 Å². The van der Waals surface area contributed by atoms with E-state index in [4.69, 9.17) is 9.47 Å². The molecule has 1 aliphatic carbocycles. The number of aliphatic hydroxyl groups is 1. The van der Waals surface area contributed by atoms with Crippen molar-refractivity contribution in [2.75, 3.05) is 52.5 Å². The summed E-state index contributed by atoms with van der Waals surface area (Å²) in [5.74, 6) is 0.476. The summed E-state index contributed by atoms with van der Waals surface area (Å²) in [6.45, 7) is 13.1. The molecule has 0 aromatic rings. The summed E-state index contributed by atoms with van der Waals surface area (Å²) in [6, 6.07) is 0.603. The Morgan fingerprint density at radius 3 is 1.45 bits per heavy atom. The molecule has 344 valence electrons. The molecule has 0 heterocycles. The normalized spacial score (nSPS) is 13.6. The van der Waals surface area contributed by atoms with E-state index in [0.717, 1.165) is 84.1 Å². The molecule has 0 aromatic carbocycles. The Morgan fingerprint density at radius 2 is 0.948 bits per heavy atom. The number of esters is 2. The second-order valence-corrected chi connectivity index (χ2v) is 18.2. The van der Waals surface area contributed by atoms with Crippen LogP contribution in [0.25, 0.3) is 0 Å². The maximum atomic E-state index is 12.8. The van der Waals surface area contributed by atoms with Gasteiger partial charge in [0.25, 0.3) is 0 Å². The van der Waals surface area contributed by atoms with Crippen molar-refractivity contribution in [3.05, 3.63) is 0 Å². The monoisotopic (exact) mass is 821 g/mol. The number of nitrogens with zero attached hydrogens (tertiary/aromatic N) is 2. The number of ether oxygens (including phenoxy) is 2. The minimum atomic E-state index is -0.0341. The van der Waals surface area contributed by atoms with Gasteiger partial charge in [-0.3, -0.25) is 14.5 Å². The molecule has 0 bridgehead atoms. The second-order valence-electron chi connectivity index (χ2n) is 18.2. The predicted octanol–water partition coefficient (Wildman–Crippen LogP) is 13.8. The average Bonchev–Trinajstić information content (AvgIpc) is 3.23. The maximum Gasteiger partial charge on any atom is 0.305 e. The number of carbonyl (C=O) groups excluding carboxylic acids is 2. The molecule has 0 saturated heterocycles. The molecule has 7 nitrogen and oxygen atoms in total. The molecular weight excluding hydrogens is 721 g/mol. The summed E-state index contributed by atoms with van der Waals surface area (Å²) in [4.78, 5) is 30.3. The van der Waals surface area contributed by atoms with E-state index in [1.807, 2.05) is 0 Å². The number of aliphatic hydroxyl groups excluding tert-OH is 1. The van der Waals surface area contributed by atoms with Crippen molar-refractivity contribution in [3.63, 3.8) is 0 Å². The van der Waals surface area contributed by atoms with Gasteiger partial charge in [-0.15, -0.1) is 0 Å². The zero-order chi connectivity index (χ0) is 42.0. The highest BCUT2D eigenvalue weighted by atomic mass is 16.5. The van der Waals surface area contributed by atoms with Crippen LogP contribution < -0.4 is 0 Å². The largest absolute Gasteiger partial charge is 0.466 e. The Kier molecular flexibility index (Phi) is 40.2. The molecule has 0 aromatic heterocycles. The van der Waals surface area contributed by atoms with Crippen molar-refractivity contribution in [1.29, 1.82) is 0 Å². The number of hydrogen-bond donors (Lipinski definition) is 1. The van der Waals surface area contributed by atoms with Gasteiger partial charge in [-0.05, 0) is 76.8 Å². The Morgan fingerprint density at radius 1 is 0.500 bits per heavy atom. The Labute approximate surface area is 361 Å². The summed E-state index contributed by atoms with van der Waals surface area (Å²) < 4.78 is 11.5. The lowest BCUT2D eigenvalue weighted by Gasteiger charge is -2.35. The van der Waals surface area contributed by atoms with E-state index in [2.05, 4.69) is 30.6 Å². The summed E-state index contributed by atoms with van der Waals surface area (Å²) >= 11 is 0. The van der Waals surface area contributed by atoms with Crippen LogP contribution in [-0.4, -0.2) is 85.4 Å². The van der Waals surface area contributed by atoms with E-state index in [9.17, 15) is 14.7 Å². The Balaban J connectivity index is 2.43. The third-order valence-corrected chi connectivity index (χ3v) is 12.8. The molecule has 1 saturated carbocycles. The Bertz CT molecular complexity index is 865. The molecule has 0 radical (unpaired) electrons. The molecule has 1 rings (SSSR count). The summed E-state index contributed by atoms with van der Waals surface area (Å²) in [7, 11) is 0. The van der Waals surface area contributed by atoms with Crippen molar-refractivity contribution in [3.8, 4) is 0 Å². The molecule has 0 spiro atoms. The number of hydrogen-bond acceptors (Lipinski definition) is 7. The van der Waals surface area contributed by atoms with E-state index >= 15 is 0 Å². The zero-order valence-electron chi connectivity index (χ0n) is 39.2. The van der Waals surface area contributed by atoms with Gasteiger partial charge in [0, 0.05) is 38.5 Å². The molecule has 1 fully saturated rings. The molecule has 0 unspecified atom stereocenters. The first-order valence-corrected chi connectivity index (χ1v) is 25.9. The van der Waals surface area contributed by atoms with Crippen LogP contribution >= 0.6 is 0 Å².